The molecule has 0 aromatic heterocycles. The molecule has 0 saturated carbocycles. The maximum atomic E-state index is 13.2. The maximum absolute atomic E-state index is 13.2. The number of nitrogens with one attached hydrogen (secondary N) is 2. The Morgan fingerprint density at radius 3 is 2.22 bits per heavy atom. The topological polar surface area (TPSA) is 128 Å². The normalized spacial score (nSPS) is 12.9. The Morgan fingerprint density at radius 1 is 0.944 bits per heavy atom. The van der Waals surface area contributed by atoms with E-state index in [2.05, 4.69) is 10.6 Å². The lowest BCUT2D eigenvalue weighted by Gasteiger charge is -2.24. The van der Waals surface area contributed by atoms with E-state index in [1.165, 1.54) is 31.2 Å². The van der Waals surface area contributed by atoms with Gasteiger partial charge in [0.25, 0.3) is 11.6 Å². The highest BCUT2D eigenvalue weighted by molar-refractivity contribution is 6.08. The van der Waals surface area contributed by atoms with Crippen molar-refractivity contribution in [3.05, 3.63) is 88.0 Å². The molecule has 0 fully saturated rings. The minimum absolute atomic E-state index is 0.0569. The van der Waals surface area contributed by atoms with Gasteiger partial charge in [-0.3, -0.25) is 19.7 Å². The van der Waals surface area contributed by atoms with Crippen LogP contribution in [-0.4, -0.2) is 40.4 Å². The molecule has 0 aliphatic rings. The molecule has 0 aliphatic heterocycles. The largest absolute Gasteiger partial charge is 0.458 e. The summed E-state index contributed by atoms with van der Waals surface area (Å²) in [6.07, 6.45) is 0.0569. The number of hydrogen-bond acceptors (Lipinski definition) is 6. The van der Waals surface area contributed by atoms with Gasteiger partial charge in [0.2, 0.25) is 5.91 Å². The summed E-state index contributed by atoms with van der Waals surface area (Å²) in [6, 6.07) is 16.4. The Hall–Kier alpha value is -4.27. The Morgan fingerprint density at radius 2 is 1.58 bits per heavy atom. The number of hydrogen-bond donors (Lipinski definition) is 2. The van der Waals surface area contributed by atoms with Crippen molar-refractivity contribution in [2.45, 2.75) is 51.8 Å². The van der Waals surface area contributed by atoms with Crippen LogP contribution in [0.4, 0.5) is 5.69 Å². The zero-order chi connectivity index (χ0) is 26.5. The molecule has 2 amide bonds. The van der Waals surface area contributed by atoms with Gasteiger partial charge in [-0.1, -0.05) is 48.5 Å². The lowest BCUT2D eigenvalue weighted by Crippen LogP contribution is -2.52. The Kier molecular flexibility index (Phi) is 8.03. The second-order valence-corrected chi connectivity index (χ2v) is 9.44. The minimum Gasteiger partial charge on any atom is -0.458 e. The van der Waals surface area contributed by atoms with Gasteiger partial charge in [-0.25, -0.2) is 4.79 Å². The number of amides is 2. The number of carbonyl (C=O) groups excluding carboxylic acids is 3. The summed E-state index contributed by atoms with van der Waals surface area (Å²) in [5, 5.41) is 18.0. The van der Waals surface area contributed by atoms with E-state index in [0.717, 1.165) is 10.8 Å². The highest BCUT2D eigenvalue weighted by atomic mass is 16.6. The van der Waals surface area contributed by atoms with E-state index in [0.29, 0.717) is 11.1 Å². The molecule has 36 heavy (non-hydrogen) atoms. The zero-order valence-electron chi connectivity index (χ0n) is 20.6. The number of non-ortho nitro benzene ring substituents is 1. The number of nitro benzene ring substituents is 1. The number of fused-ring (bicyclic) bond motifs is 1. The van der Waals surface area contributed by atoms with Crippen LogP contribution < -0.4 is 10.6 Å². The summed E-state index contributed by atoms with van der Waals surface area (Å²) >= 11 is 0. The predicted molar refractivity (Wildman–Crippen MR) is 135 cm³/mol. The van der Waals surface area contributed by atoms with Crippen molar-refractivity contribution >= 4 is 34.2 Å². The van der Waals surface area contributed by atoms with Crippen LogP contribution in [0.25, 0.3) is 10.8 Å². The van der Waals surface area contributed by atoms with Gasteiger partial charge in [-0.15, -0.1) is 0 Å². The van der Waals surface area contributed by atoms with Crippen molar-refractivity contribution in [2.75, 3.05) is 0 Å². The minimum atomic E-state index is -1.05. The quantitative estimate of drug-likeness (QED) is 0.279. The molecule has 2 atom stereocenters. The number of nitrogens with zero attached hydrogens (tertiary/aromatic N) is 1. The molecule has 0 spiro atoms. The van der Waals surface area contributed by atoms with Gasteiger partial charge in [0.1, 0.15) is 17.7 Å². The van der Waals surface area contributed by atoms with E-state index < -0.39 is 40.4 Å². The number of ether oxygens (including phenoxy) is 1. The van der Waals surface area contributed by atoms with Gasteiger partial charge >= 0.3 is 5.97 Å². The predicted octanol–water partition coefficient (Wildman–Crippen LogP) is 3.94. The van der Waals surface area contributed by atoms with Gasteiger partial charge in [0, 0.05) is 24.1 Å². The molecule has 9 nitrogen and oxygen atoms in total. The monoisotopic (exact) mass is 491 g/mol. The number of carbonyl (C=O) groups is 3. The maximum Gasteiger partial charge on any atom is 0.328 e. The summed E-state index contributed by atoms with van der Waals surface area (Å²) in [7, 11) is 0. The summed E-state index contributed by atoms with van der Waals surface area (Å²) in [6.45, 7) is 6.67. The highest BCUT2D eigenvalue weighted by Gasteiger charge is 2.28. The molecule has 0 saturated heterocycles. The molecule has 0 bridgehead atoms. The van der Waals surface area contributed by atoms with Crippen LogP contribution in [0.15, 0.2) is 66.7 Å². The van der Waals surface area contributed by atoms with E-state index in [9.17, 15) is 24.5 Å². The average Bonchev–Trinajstić information content (AvgIpc) is 2.82. The molecular formula is C27H29N3O6. The Balaban J connectivity index is 1.84. The molecule has 3 aromatic carbocycles. The van der Waals surface area contributed by atoms with Crippen LogP contribution in [0.5, 0.6) is 0 Å². The summed E-state index contributed by atoms with van der Waals surface area (Å²) in [4.78, 5) is 49.3. The van der Waals surface area contributed by atoms with E-state index >= 15 is 0 Å². The highest BCUT2D eigenvalue weighted by Crippen LogP contribution is 2.19. The first kappa shape index (κ1) is 26.3. The first-order valence-electron chi connectivity index (χ1n) is 11.5. The summed E-state index contributed by atoms with van der Waals surface area (Å²) in [5.74, 6) is -1.65. The van der Waals surface area contributed by atoms with Crippen molar-refractivity contribution in [1.82, 2.24) is 10.6 Å². The van der Waals surface area contributed by atoms with Crippen LogP contribution in [0.3, 0.4) is 0 Å². The molecule has 9 heteroatoms. The van der Waals surface area contributed by atoms with Crippen molar-refractivity contribution in [3.63, 3.8) is 0 Å². The molecule has 3 rings (SSSR count). The summed E-state index contributed by atoms with van der Waals surface area (Å²) < 4.78 is 5.33. The van der Waals surface area contributed by atoms with Crippen molar-refractivity contribution in [1.29, 1.82) is 0 Å². The average molecular weight is 492 g/mol. The first-order valence-corrected chi connectivity index (χ1v) is 11.5. The van der Waals surface area contributed by atoms with Crippen molar-refractivity contribution in [3.8, 4) is 0 Å². The fraction of sp³-hybridized carbons (Fsp3) is 0.296. The Bertz CT molecular complexity index is 1280. The Labute approximate surface area is 209 Å². The lowest BCUT2D eigenvalue weighted by atomic mass is 10.0. The van der Waals surface area contributed by atoms with Gasteiger partial charge in [-0.2, -0.15) is 0 Å². The van der Waals surface area contributed by atoms with Crippen LogP contribution in [0, 0.1) is 10.1 Å². The molecule has 3 aromatic rings. The van der Waals surface area contributed by atoms with Crippen molar-refractivity contribution < 1.29 is 24.0 Å². The third kappa shape index (κ3) is 6.88. The first-order chi connectivity index (χ1) is 16.9. The number of esters is 1. The van der Waals surface area contributed by atoms with Crippen LogP contribution in [0.1, 0.15) is 43.6 Å². The second-order valence-electron chi connectivity index (χ2n) is 9.44. The van der Waals surface area contributed by atoms with E-state index in [4.69, 9.17) is 4.74 Å². The SMILES string of the molecule is C[C@H](NC(=O)C(Cc1ccc([N+](=O)[O-])cc1)NC(=O)c1cccc2ccccc12)C(=O)OC(C)(C)C. The smallest absolute Gasteiger partial charge is 0.328 e. The standard InChI is InChI=1S/C27H29N3O6/c1-17(26(33)36-27(2,3)4)28-25(32)23(16-18-12-14-20(15-13-18)30(34)35)29-24(31)22-11-7-9-19-8-5-6-10-21(19)22/h5-15,17,23H,16H2,1-4H3,(H,28,32)(H,29,31)/t17-,23?/m0/s1. The lowest BCUT2D eigenvalue weighted by molar-refractivity contribution is -0.384. The zero-order valence-corrected chi connectivity index (χ0v) is 20.6. The van der Waals surface area contributed by atoms with E-state index in [1.807, 2.05) is 30.3 Å². The van der Waals surface area contributed by atoms with Gasteiger partial charge in [-0.05, 0) is 50.1 Å². The molecule has 0 aliphatic carbocycles. The van der Waals surface area contributed by atoms with Gasteiger partial charge in [0.15, 0.2) is 0 Å². The van der Waals surface area contributed by atoms with Crippen LogP contribution in [-0.2, 0) is 20.7 Å². The van der Waals surface area contributed by atoms with Gasteiger partial charge < -0.3 is 15.4 Å². The van der Waals surface area contributed by atoms with Crippen LogP contribution in [0.2, 0.25) is 0 Å². The van der Waals surface area contributed by atoms with Crippen molar-refractivity contribution in [2.24, 2.45) is 0 Å². The molecule has 0 radical (unpaired) electrons. The third-order valence-corrected chi connectivity index (χ3v) is 5.36. The number of nitro groups is 1. The number of rotatable bonds is 8. The third-order valence-electron chi connectivity index (χ3n) is 5.36. The van der Waals surface area contributed by atoms with Gasteiger partial charge in [0.05, 0.1) is 4.92 Å². The fourth-order valence-corrected chi connectivity index (χ4v) is 3.62. The molecular weight excluding hydrogens is 462 g/mol. The van der Waals surface area contributed by atoms with E-state index in [-0.39, 0.29) is 12.1 Å². The molecule has 0 heterocycles. The fourth-order valence-electron chi connectivity index (χ4n) is 3.62. The second kappa shape index (κ2) is 11.0. The number of benzene rings is 3. The molecule has 2 N–H and O–H groups in total. The van der Waals surface area contributed by atoms with E-state index in [1.54, 1.807) is 32.9 Å². The van der Waals surface area contributed by atoms with Crippen LogP contribution >= 0.6 is 0 Å². The molecule has 188 valence electrons. The summed E-state index contributed by atoms with van der Waals surface area (Å²) in [5.41, 5.74) is 0.188. The molecule has 1 unspecified atom stereocenters.